The highest BCUT2D eigenvalue weighted by Gasteiger charge is 2.32. The maximum absolute atomic E-state index is 13.4. The van der Waals surface area contributed by atoms with Crippen molar-refractivity contribution in [1.29, 1.82) is 0 Å². The number of H-pyrrole nitrogens is 1. The van der Waals surface area contributed by atoms with E-state index >= 15 is 0 Å². The van der Waals surface area contributed by atoms with Gasteiger partial charge in [0.05, 0.1) is 17.9 Å². The number of carboxylic acid groups (broad SMARTS) is 1. The van der Waals surface area contributed by atoms with Crippen LogP contribution in [0.3, 0.4) is 0 Å². The zero-order chi connectivity index (χ0) is 16.4. The van der Waals surface area contributed by atoms with Crippen LogP contribution in [0.25, 0.3) is 0 Å². The fourth-order valence-electron chi connectivity index (χ4n) is 2.98. The van der Waals surface area contributed by atoms with E-state index in [9.17, 15) is 19.1 Å². The van der Waals surface area contributed by atoms with Crippen LogP contribution in [0.5, 0.6) is 0 Å². The van der Waals surface area contributed by atoms with Crippen LogP contribution in [-0.2, 0) is 0 Å². The molecule has 120 valence electrons. The number of aromatic amines is 1. The number of aromatic nitrogens is 2. The minimum absolute atomic E-state index is 0.0638. The van der Waals surface area contributed by atoms with Crippen LogP contribution in [0, 0.1) is 5.82 Å². The van der Waals surface area contributed by atoms with Crippen LogP contribution in [-0.4, -0.2) is 38.6 Å². The largest absolute Gasteiger partial charge is 0.478 e. The lowest BCUT2D eigenvalue weighted by Gasteiger charge is -2.35. The van der Waals surface area contributed by atoms with Gasteiger partial charge in [-0.3, -0.25) is 9.89 Å². The summed E-state index contributed by atoms with van der Waals surface area (Å²) in [5.41, 5.74) is 0.740. The van der Waals surface area contributed by atoms with Crippen molar-refractivity contribution in [3.63, 3.8) is 0 Å². The lowest BCUT2D eigenvalue weighted by molar-refractivity contribution is 0.0589. The van der Waals surface area contributed by atoms with Crippen molar-refractivity contribution in [3.8, 4) is 0 Å². The molecule has 23 heavy (non-hydrogen) atoms. The van der Waals surface area contributed by atoms with Gasteiger partial charge in [-0.1, -0.05) is 6.07 Å². The summed E-state index contributed by atoms with van der Waals surface area (Å²) >= 11 is 0. The van der Waals surface area contributed by atoms with Crippen molar-refractivity contribution >= 4 is 11.9 Å². The molecule has 2 aromatic rings. The zero-order valence-corrected chi connectivity index (χ0v) is 12.3. The molecule has 0 saturated carbocycles. The standard InChI is InChI=1S/C16H16FN3O3/c17-11-5-3-4-10(8-11)15(21)20-7-2-1-6-13(20)14-12(16(22)23)9-18-19-14/h3-5,8-9,13H,1-2,6-7H2,(H,18,19)(H,22,23). The lowest BCUT2D eigenvalue weighted by Crippen LogP contribution is -2.39. The summed E-state index contributed by atoms with van der Waals surface area (Å²) < 4.78 is 13.4. The first kappa shape index (κ1) is 15.2. The first-order chi connectivity index (χ1) is 11.1. The predicted molar refractivity (Wildman–Crippen MR) is 79.6 cm³/mol. The van der Waals surface area contributed by atoms with E-state index in [4.69, 9.17) is 0 Å². The Morgan fingerprint density at radius 2 is 2.17 bits per heavy atom. The normalized spacial score (nSPS) is 18.0. The third kappa shape index (κ3) is 2.94. The van der Waals surface area contributed by atoms with E-state index in [0.717, 1.165) is 12.8 Å². The molecule has 1 saturated heterocycles. The number of hydrogen-bond acceptors (Lipinski definition) is 3. The third-order valence-corrected chi connectivity index (χ3v) is 4.07. The number of halogens is 1. The number of likely N-dealkylation sites (tertiary alicyclic amines) is 1. The second kappa shape index (κ2) is 6.20. The molecule has 3 rings (SSSR count). The number of hydrogen-bond donors (Lipinski definition) is 2. The summed E-state index contributed by atoms with van der Waals surface area (Å²) in [7, 11) is 0. The Hall–Kier alpha value is -2.70. The van der Waals surface area contributed by atoms with Gasteiger partial charge >= 0.3 is 5.97 Å². The Morgan fingerprint density at radius 3 is 2.91 bits per heavy atom. The minimum atomic E-state index is -1.09. The highest BCUT2D eigenvalue weighted by atomic mass is 19.1. The summed E-state index contributed by atoms with van der Waals surface area (Å²) in [6.45, 7) is 0.498. The Morgan fingerprint density at radius 1 is 1.35 bits per heavy atom. The minimum Gasteiger partial charge on any atom is -0.478 e. The van der Waals surface area contributed by atoms with Gasteiger partial charge in [0.15, 0.2) is 0 Å². The predicted octanol–water partition coefficient (Wildman–Crippen LogP) is 2.61. The van der Waals surface area contributed by atoms with Gasteiger partial charge < -0.3 is 10.0 Å². The molecule has 2 heterocycles. The average Bonchev–Trinajstić information content (AvgIpc) is 3.04. The SMILES string of the molecule is O=C(O)c1cn[nH]c1C1CCCCN1C(=O)c1cccc(F)c1. The summed E-state index contributed by atoms with van der Waals surface area (Å²) in [6.07, 6.45) is 3.60. The van der Waals surface area contributed by atoms with Crippen LogP contribution in [0.15, 0.2) is 30.5 Å². The molecular formula is C16H16FN3O3. The molecule has 1 aliphatic rings. The van der Waals surface area contributed by atoms with Gasteiger partial charge in [-0.2, -0.15) is 5.10 Å². The number of carboxylic acids is 1. The molecule has 0 bridgehead atoms. The zero-order valence-electron chi connectivity index (χ0n) is 12.3. The Balaban J connectivity index is 1.94. The molecular weight excluding hydrogens is 301 g/mol. The van der Waals surface area contributed by atoms with Crippen molar-refractivity contribution < 1.29 is 19.1 Å². The highest BCUT2D eigenvalue weighted by molar-refractivity contribution is 5.95. The van der Waals surface area contributed by atoms with E-state index in [1.165, 1.54) is 24.4 Å². The molecule has 2 N–H and O–H groups in total. The number of piperidine rings is 1. The van der Waals surface area contributed by atoms with Crippen molar-refractivity contribution in [1.82, 2.24) is 15.1 Å². The number of nitrogens with zero attached hydrogens (tertiary/aromatic N) is 2. The first-order valence-electron chi connectivity index (χ1n) is 7.41. The molecule has 1 aromatic carbocycles. The summed E-state index contributed by atoms with van der Waals surface area (Å²) in [5, 5.41) is 15.8. The second-order valence-corrected chi connectivity index (χ2v) is 5.52. The quantitative estimate of drug-likeness (QED) is 0.911. The van der Waals surface area contributed by atoms with Gasteiger partial charge in [0.25, 0.3) is 5.91 Å². The van der Waals surface area contributed by atoms with Gasteiger partial charge in [-0.15, -0.1) is 0 Å². The Kier molecular flexibility index (Phi) is 4.10. The number of carbonyl (C=O) groups excluding carboxylic acids is 1. The average molecular weight is 317 g/mol. The molecule has 0 radical (unpaired) electrons. The van der Waals surface area contributed by atoms with E-state index in [1.807, 2.05) is 0 Å². The van der Waals surface area contributed by atoms with Crippen molar-refractivity contribution in [2.45, 2.75) is 25.3 Å². The monoisotopic (exact) mass is 317 g/mol. The number of carbonyl (C=O) groups is 2. The number of aromatic carboxylic acids is 1. The van der Waals surface area contributed by atoms with Crippen LogP contribution in [0.1, 0.15) is 51.7 Å². The van der Waals surface area contributed by atoms with Crippen LogP contribution < -0.4 is 0 Å². The number of nitrogens with one attached hydrogen (secondary N) is 1. The third-order valence-electron chi connectivity index (χ3n) is 4.07. The van der Waals surface area contributed by atoms with Gasteiger partial charge in [-0.25, -0.2) is 9.18 Å². The lowest BCUT2D eigenvalue weighted by atomic mass is 9.96. The number of benzene rings is 1. The van der Waals surface area contributed by atoms with E-state index < -0.39 is 17.8 Å². The maximum Gasteiger partial charge on any atom is 0.339 e. The molecule has 1 aromatic heterocycles. The van der Waals surface area contributed by atoms with E-state index in [-0.39, 0.29) is 17.0 Å². The second-order valence-electron chi connectivity index (χ2n) is 5.52. The molecule has 1 aliphatic heterocycles. The van der Waals surface area contributed by atoms with Gasteiger partial charge in [0.2, 0.25) is 0 Å². The van der Waals surface area contributed by atoms with Crippen LogP contribution >= 0.6 is 0 Å². The fraction of sp³-hybridized carbons (Fsp3) is 0.312. The smallest absolute Gasteiger partial charge is 0.339 e. The van der Waals surface area contributed by atoms with Crippen LogP contribution in [0.2, 0.25) is 0 Å². The molecule has 7 heteroatoms. The first-order valence-corrected chi connectivity index (χ1v) is 7.41. The maximum atomic E-state index is 13.4. The van der Waals surface area contributed by atoms with E-state index in [0.29, 0.717) is 18.7 Å². The van der Waals surface area contributed by atoms with Gasteiger partial charge in [0.1, 0.15) is 11.4 Å². The van der Waals surface area contributed by atoms with Gasteiger partial charge in [0, 0.05) is 12.1 Å². The Labute approximate surface area is 131 Å². The molecule has 0 spiro atoms. The number of amides is 1. The molecule has 1 atom stereocenters. The summed E-state index contributed by atoms with van der Waals surface area (Å²) in [4.78, 5) is 25.6. The van der Waals surface area contributed by atoms with Crippen molar-refractivity contribution in [3.05, 3.63) is 53.1 Å². The molecule has 0 aliphatic carbocycles. The van der Waals surface area contributed by atoms with Gasteiger partial charge in [-0.05, 0) is 37.5 Å². The number of rotatable bonds is 3. The van der Waals surface area contributed by atoms with Crippen molar-refractivity contribution in [2.24, 2.45) is 0 Å². The Bertz CT molecular complexity index is 744. The summed E-state index contributed by atoms with van der Waals surface area (Å²) in [5.74, 6) is -1.87. The molecule has 1 unspecified atom stereocenters. The van der Waals surface area contributed by atoms with E-state index in [1.54, 1.807) is 11.0 Å². The summed E-state index contributed by atoms with van der Waals surface area (Å²) in [6, 6.07) is 5.12. The van der Waals surface area contributed by atoms with E-state index in [2.05, 4.69) is 10.2 Å². The topological polar surface area (TPSA) is 86.3 Å². The molecule has 6 nitrogen and oxygen atoms in total. The molecule has 1 amide bonds. The van der Waals surface area contributed by atoms with Crippen molar-refractivity contribution in [2.75, 3.05) is 6.54 Å². The molecule has 1 fully saturated rings. The van der Waals surface area contributed by atoms with Crippen LogP contribution in [0.4, 0.5) is 4.39 Å². The highest BCUT2D eigenvalue weighted by Crippen LogP contribution is 2.32. The fourth-order valence-corrected chi connectivity index (χ4v) is 2.98.